The Morgan fingerprint density at radius 1 is 1.44 bits per heavy atom. The van der Waals surface area contributed by atoms with Crippen LogP contribution >= 0.6 is 11.6 Å². The van der Waals surface area contributed by atoms with Gasteiger partial charge in [0, 0.05) is 6.54 Å². The maximum absolute atomic E-state index is 11.1. The van der Waals surface area contributed by atoms with Gasteiger partial charge in [-0.1, -0.05) is 38.3 Å². The van der Waals surface area contributed by atoms with Crippen LogP contribution in [0.1, 0.15) is 49.2 Å². The fourth-order valence-corrected chi connectivity index (χ4v) is 1.88. The van der Waals surface area contributed by atoms with E-state index in [1.54, 1.807) is 4.68 Å². The fourth-order valence-electron chi connectivity index (χ4n) is 1.57. The Hall–Kier alpha value is -1.03. The van der Waals surface area contributed by atoms with Gasteiger partial charge in [-0.3, -0.25) is 4.68 Å². The standard InChI is InChI=1S/C11H17ClN2O2/c1-3-5-7-14-10(12)9(11(15)16)8(13-14)6-4-2/h3-7H2,1-2H3,(H,15,16). The van der Waals surface area contributed by atoms with Crippen molar-refractivity contribution in [2.24, 2.45) is 0 Å². The van der Waals surface area contributed by atoms with Crippen molar-refractivity contribution in [1.29, 1.82) is 0 Å². The molecule has 0 unspecified atom stereocenters. The molecule has 0 radical (unpaired) electrons. The minimum Gasteiger partial charge on any atom is -0.478 e. The lowest BCUT2D eigenvalue weighted by Crippen LogP contribution is -2.01. The molecule has 1 N–H and O–H groups in total. The van der Waals surface area contributed by atoms with Crippen molar-refractivity contribution in [2.75, 3.05) is 0 Å². The lowest BCUT2D eigenvalue weighted by atomic mass is 10.2. The molecule has 0 aromatic carbocycles. The number of aryl methyl sites for hydroxylation is 2. The largest absolute Gasteiger partial charge is 0.478 e. The second-order valence-electron chi connectivity index (χ2n) is 3.74. The van der Waals surface area contributed by atoms with Gasteiger partial charge in [-0.05, 0) is 12.8 Å². The molecule has 0 aliphatic carbocycles. The van der Waals surface area contributed by atoms with Crippen LogP contribution in [0, 0.1) is 0 Å². The lowest BCUT2D eigenvalue weighted by Gasteiger charge is -2.00. The highest BCUT2D eigenvalue weighted by molar-refractivity contribution is 6.32. The first-order valence-corrected chi connectivity index (χ1v) is 5.98. The van der Waals surface area contributed by atoms with Crippen molar-refractivity contribution < 1.29 is 9.90 Å². The minimum absolute atomic E-state index is 0.166. The van der Waals surface area contributed by atoms with Crippen molar-refractivity contribution in [3.63, 3.8) is 0 Å². The molecule has 0 spiro atoms. The maximum atomic E-state index is 11.1. The van der Waals surface area contributed by atoms with Gasteiger partial charge in [0.05, 0.1) is 5.69 Å². The van der Waals surface area contributed by atoms with Crippen LogP contribution in [0.2, 0.25) is 5.15 Å². The zero-order chi connectivity index (χ0) is 12.1. The summed E-state index contributed by atoms with van der Waals surface area (Å²) in [6.45, 7) is 4.74. The van der Waals surface area contributed by atoms with Gasteiger partial charge in [-0.15, -0.1) is 0 Å². The first kappa shape index (κ1) is 13.0. The van der Waals surface area contributed by atoms with Gasteiger partial charge in [0.15, 0.2) is 0 Å². The molecule has 0 aliphatic heterocycles. The Morgan fingerprint density at radius 2 is 2.12 bits per heavy atom. The molecule has 0 fully saturated rings. The van der Waals surface area contributed by atoms with Crippen LogP contribution in [0.25, 0.3) is 0 Å². The summed E-state index contributed by atoms with van der Waals surface area (Å²) in [7, 11) is 0. The highest BCUT2D eigenvalue weighted by Gasteiger charge is 2.21. The summed E-state index contributed by atoms with van der Waals surface area (Å²) in [5, 5.41) is 13.6. The molecule has 4 nitrogen and oxygen atoms in total. The summed E-state index contributed by atoms with van der Waals surface area (Å²) in [4.78, 5) is 11.1. The molecule has 0 atom stereocenters. The van der Waals surface area contributed by atoms with Crippen LogP contribution in [0.3, 0.4) is 0 Å². The Balaban J connectivity index is 3.03. The van der Waals surface area contributed by atoms with Crippen molar-refractivity contribution in [3.05, 3.63) is 16.4 Å². The zero-order valence-electron chi connectivity index (χ0n) is 9.66. The van der Waals surface area contributed by atoms with Gasteiger partial charge in [0.2, 0.25) is 0 Å². The molecule has 1 aromatic heterocycles. The Labute approximate surface area is 100 Å². The average molecular weight is 245 g/mol. The van der Waals surface area contributed by atoms with Gasteiger partial charge in [-0.2, -0.15) is 5.10 Å². The van der Waals surface area contributed by atoms with E-state index in [2.05, 4.69) is 12.0 Å². The zero-order valence-corrected chi connectivity index (χ0v) is 10.4. The molecular formula is C11H17ClN2O2. The molecule has 0 saturated heterocycles. The van der Waals surface area contributed by atoms with Gasteiger partial charge in [0.25, 0.3) is 0 Å². The third-order valence-electron chi connectivity index (χ3n) is 2.39. The number of aromatic carboxylic acids is 1. The molecule has 90 valence electrons. The SMILES string of the molecule is CCCCn1nc(CCC)c(C(=O)O)c1Cl. The van der Waals surface area contributed by atoms with Crippen LogP contribution in [-0.2, 0) is 13.0 Å². The van der Waals surface area contributed by atoms with Gasteiger partial charge in [-0.25, -0.2) is 4.79 Å². The molecule has 5 heteroatoms. The molecule has 1 heterocycles. The molecule has 16 heavy (non-hydrogen) atoms. The van der Waals surface area contributed by atoms with E-state index in [0.717, 1.165) is 19.3 Å². The van der Waals surface area contributed by atoms with Crippen molar-refractivity contribution in [3.8, 4) is 0 Å². The second-order valence-corrected chi connectivity index (χ2v) is 4.10. The van der Waals surface area contributed by atoms with Crippen LogP contribution in [0.5, 0.6) is 0 Å². The van der Waals surface area contributed by atoms with Crippen LogP contribution < -0.4 is 0 Å². The van der Waals surface area contributed by atoms with E-state index in [0.29, 0.717) is 18.7 Å². The molecule has 0 aliphatic rings. The van der Waals surface area contributed by atoms with E-state index in [-0.39, 0.29) is 10.7 Å². The van der Waals surface area contributed by atoms with Crippen molar-refractivity contribution in [1.82, 2.24) is 9.78 Å². The van der Waals surface area contributed by atoms with Gasteiger partial charge < -0.3 is 5.11 Å². The number of hydrogen-bond acceptors (Lipinski definition) is 2. The number of aromatic nitrogens is 2. The fraction of sp³-hybridized carbons (Fsp3) is 0.636. The highest BCUT2D eigenvalue weighted by Crippen LogP contribution is 2.21. The summed E-state index contributed by atoms with van der Waals surface area (Å²) < 4.78 is 1.60. The first-order valence-electron chi connectivity index (χ1n) is 5.60. The topological polar surface area (TPSA) is 55.1 Å². The third kappa shape index (κ3) is 2.76. The van der Waals surface area contributed by atoms with E-state index >= 15 is 0 Å². The van der Waals surface area contributed by atoms with E-state index in [9.17, 15) is 4.79 Å². The van der Waals surface area contributed by atoms with Crippen LogP contribution in [0.15, 0.2) is 0 Å². The number of rotatable bonds is 6. The number of carboxylic acids is 1. The summed E-state index contributed by atoms with van der Waals surface area (Å²) >= 11 is 6.02. The Morgan fingerprint density at radius 3 is 2.62 bits per heavy atom. The van der Waals surface area contributed by atoms with Crippen LogP contribution in [0.4, 0.5) is 0 Å². The second kappa shape index (κ2) is 5.89. The smallest absolute Gasteiger partial charge is 0.340 e. The minimum atomic E-state index is -0.990. The van der Waals surface area contributed by atoms with Crippen LogP contribution in [-0.4, -0.2) is 20.9 Å². The number of carboxylic acid groups (broad SMARTS) is 1. The number of nitrogens with zero attached hydrogens (tertiary/aromatic N) is 2. The summed E-state index contributed by atoms with van der Waals surface area (Å²) in [6, 6.07) is 0. The van der Waals surface area contributed by atoms with Gasteiger partial charge in [0.1, 0.15) is 10.7 Å². The number of unbranched alkanes of at least 4 members (excludes halogenated alkanes) is 1. The molecule has 0 amide bonds. The van der Waals surface area contributed by atoms with Gasteiger partial charge >= 0.3 is 5.97 Å². The van der Waals surface area contributed by atoms with E-state index in [4.69, 9.17) is 16.7 Å². The highest BCUT2D eigenvalue weighted by atomic mass is 35.5. The number of carbonyl (C=O) groups is 1. The molecule has 1 rings (SSSR count). The molecule has 0 bridgehead atoms. The summed E-state index contributed by atoms with van der Waals surface area (Å²) in [5.41, 5.74) is 0.760. The average Bonchev–Trinajstić information content (AvgIpc) is 2.53. The van der Waals surface area contributed by atoms with E-state index in [1.807, 2.05) is 6.92 Å². The number of hydrogen-bond donors (Lipinski definition) is 1. The molecule has 0 saturated carbocycles. The predicted octanol–water partition coefficient (Wildman–Crippen LogP) is 2.99. The monoisotopic (exact) mass is 244 g/mol. The third-order valence-corrected chi connectivity index (χ3v) is 2.77. The summed E-state index contributed by atoms with van der Waals surface area (Å²) in [6.07, 6.45) is 3.50. The quantitative estimate of drug-likeness (QED) is 0.837. The number of halogens is 1. The van der Waals surface area contributed by atoms with Crippen molar-refractivity contribution >= 4 is 17.6 Å². The molecule has 1 aromatic rings. The van der Waals surface area contributed by atoms with E-state index in [1.165, 1.54) is 0 Å². The Kier molecular flexibility index (Phi) is 4.80. The first-order chi connectivity index (χ1) is 7.61. The maximum Gasteiger partial charge on any atom is 0.340 e. The lowest BCUT2D eigenvalue weighted by molar-refractivity contribution is 0.0696. The predicted molar refractivity (Wildman–Crippen MR) is 63.1 cm³/mol. The molecular weight excluding hydrogens is 228 g/mol. The summed E-state index contributed by atoms with van der Waals surface area (Å²) in [5.74, 6) is -0.990. The Bertz CT molecular complexity index is 374. The van der Waals surface area contributed by atoms with Crippen molar-refractivity contribution in [2.45, 2.75) is 46.1 Å². The van der Waals surface area contributed by atoms with E-state index < -0.39 is 5.97 Å². The normalized spacial score (nSPS) is 10.7.